The normalized spacial score (nSPS) is 11.5. The van der Waals surface area contributed by atoms with Gasteiger partial charge >= 0.3 is 5.97 Å². The number of hydrogen-bond acceptors (Lipinski definition) is 6. The van der Waals surface area contributed by atoms with Crippen LogP contribution in [0.25, 0.3) is 0 Å². The number of carboxylic acid groups (broad SMARTS) is 1. The number of hydrogen-bond donors (Lipinski definition) is 3. The van der Waals surface area contributed by atoms with E-state index in [1.807, 2.05) is 0 Å². The number of aliphatic carboxylic acids is 1. The van der Waals surface area contributed by atoms with Crippen molar-refractivity contribution in [3.05, 3.63) is 53.3 Å². The largest absolute Gasteiger partial charge is 0.493 e. The van der Waals surface area contributed by atoms with Gasteiger partial charge in [-0.25, -0.2) is 9.18 Å². The molecule has 9 heteroatoms. The van der Waals surface area contributed by atoms with Crippen molar-refractivity contribution in [3.8, 4) is 11.5 Å². The second-order valence-electron chi connectivity index (χ2n) is 5.04. The van der Waals surface area contributed by atoms with Crippen LogP contribution in [0.5, 0.6) is 11.5 Å². The van der Waals surface area contributed by atoms with Crippen molar-refractivity contribution in [1.82, 2.24) is 0 Å². The van der Waals surface area contributed by atoms with E-state index in [9.17, 15) is 14.3 Å². The number of nitrogens with two attached hydrogens (primary N) is 1. The number of nitrogens with one attached hydrogen (secondary N) is 1. The quantitative estimate of drug-likeness (QED) is 0.385. The van der Waals surface area contributed by atoms with Crippen molar-refractivity contribution in [2.75, 3.05) is 19.5 Å². The summed E-state index contributed by atoms with van der Waals surface area (Å²) in [5.74, 6) is 3.54. The van der Waals surface area contributed by atoms with Gasteiger partial charge in [0, 0.05) is 17.3 Å². The Morgan fingerprint density at radius 1 is 1.23 bits per heavy atom. The van der Waals surface area contributed by atoms with Crippen LogP contribution in [0.3, 0.4) is 0 Å². The van der Waals surface area contributed by atoms with E-state index in [1.54, 1.807) is 24.3 Å². The average Bonchev–Trinajstić information content (AvgIpc) is 2.61. The molecule has 0 aliphatic rings. The first kappa shape index (κ1) is 21.0. The lowest BCUT2D eigenvalue weighted by Gasteiger charge is -2.19. The number of benzene rings is 2. The zero-order valence-electron chi connectivity index (χ0n) is 14.1. The Kier molecular flexibility index (Phi) is 7.67. The summed E-state index contributed by atoms with van der Waals surface area (Å²) in [5, 5.41) is 15.7. The third-order valence-electron chi connectivity index (χ3n) is 3.51. The minimum Gasteiger partial charge on any atom is -0.493 e. The summed E-state index contributed by atoms with van der Waals surface area (Å²) in [5.41, 5.74) is 1.17. The fraction of sp³-hybridized carbons (Fsp3) is 0.176. The number of anilines is 1. The molecule has 0 amide bonds. The fourth-order valence-electron chi connectivity index (χ4n) is 2.28. The highest BCUT2D eigenvalue weighted by Crippen LogP contribution is 2.33. The van der Waals surface area contributed by atoms with Gasteiger partial charge in [-0.15, -0.1) is 12.4 Å². The van der Waals surface area contributed by atoms with Crippen molar-refractivity contribution in [3.63, 3.8) is 0 Å². The van der Waals surface area contributed by atoms with Gasteiger partial charge in [0.25, 0.3) is 0 Å². The molecule has 2 aromatic rings. The highest BCUT2D eigenvalue weighted by atomic mass is 35.5. The summed E-state index contributed by atoms with van der Waals surface area (Å²) in [4.78, 5) is 11.6. The van der Waals surface area contributed by atoms with Gasteiger partial charge in [0.15, 0.2) is 17.5 Å². The summed E-state index contributed by atoms with van der Waals surface area (Å²) in [6, 6.07) is 7.76. The molecule has 0 saturated heterocycles. The molecule has 0 radical (unpaired) electrons. The molecule has 0 spiro atoms. The van der Waals surface area contributed by atoms with Crippen LogP contribution >= 0.6 is 12.4 Å². The van der Waals surface area contributed by atoms with Crippen molar-refractivity contribution < 1.29 is 23.8 Å². The van der Waals surface area contributed by atoms with E-state index in [4.69, 9.17) is 15.3 Å². The molecular weight excluding hydrogens is 365 g/mol. The van der Waals surface area contributed by atoms with Crippen LogP contribution in [-0.4, -0.2) is 31.5 Å². The van der Waals surface area contributed by atoms with Crippen molar-refractivity contribution in [2.24, 2.45) is 10.9 Å². The van der Waals surface area contributed by atoms with E-state index in [-0.39, 0.29) is 29.5 Å². The van der Waals surface area contributed by atoms with Crippen LogP contribution < -0.4 is 20.6 Å². The zero-order chi connectivity index (χ0) is 18.4. The maximum atomic E-state index is 14.4. The number of halogens is 2. The van der Waals surface area contributed by atoms with Gasteiger partial charge in [-0.3, -0.25) is 0 Å². The highest BCUT2D eigenvalue weighted by molar-refractivity contribution is 5.85. The van der Waals surface area contributed by atoms with Gasteiger partial charge in [0.05, 0.1) is 20.4 Å². The molecule has 0 fully saturated rings. The molecule has 7 nitrogen and oxygen atoms in total. The van der Waals surface area contributed by atoms with Crippen molar-refractivity contribution in [1.29, 1.82) is 0 Å². The second kappa shape index (κ2) is 9.47. The third kappa shape index (κ3) is 4.76. The molecule has 0 aromatic heterocycles. The van der Waals surface area contributed by atoms with E-state index in [2.05, 4.69) is 10.4 Å². The Hall–Kier alpha value is -3.00. The smallest absolute Gasteiger partial charge is 0.330 e. The van der Waals surface area contributed by atoms with E-state index < -0.39 is 17.8 Å². The summed E-state index contributed by atoms with van der Waals surface area (Å²) in [6.45, 7) is 0. The first-order chi connectivity index (χ1) is 12.0. The maximum absolute atomic E-state index is 14.4. The SMILES string of the molecule is COc1cc(F)c(C(Nc2ccc(C=NN)cc2)C(=O)O)cc1OC.Cl. The number of carboxylic acids is 1. The van der Waals surface area contributed by atoms with Gasteiger partial charge in [-0.2, -0.15) is 5.10 Å². The fourth-order valence-corrected chi connectivity index (χ4v) is 2.28. The molecule has 140 valence electrons. The van der Waals surface area contributed by atoms with Crippen molar-refractivity contribution >= 4 is 30.3 Å². The summed E-state index contributed by atoms with van der Waals surface area (Å²) in [6.07, 6.45) is 1.45. The Morgan fingerprint density at radius 2 is 1.81 bits per heavy atom. The van der Waals surface area contributed by atoms with Crippen molar-refractivity contribution in [2.45, 2.75) is 6.04 Å². The van der Waals surface area contributed by atoms with Gasteiger partial charge in [-0.05, 0) is 23.8 Å². The molecule has 1 unspecified atom stereocenters. The molecule has 26 heavy (non-hydrogen) atoms. The Labute approximate surface area is 156 Å². The number of ether oxygens (including phenoxy) is 2. The predicted octanol–water partition coefficient (Wildman–Crippen LogP) is 2.80. The van der Waals surface area contributed by atoms with Gasteiger partial charge in [0.2, 0.25) is 0 Å². The minimum absolute atomic E-state index is 0. The molecule has 0 bridgehead atoms. The van der Waals surface area contributed by atoms with E-state index in [1.165, 1.54) is 26.5 Å². The van der Waals surface area contributed by atoms with Crippen LogP contribution in [-0.2, 0) is 4.79 Å². The van der Waals surface area contributed by atoms with E-state index >= 15 is 0 Å². The lowest BCUT2D eigenvalue weighted by atomic mass is 10.0. The second-order valence-corrected chi connectivity index (χ2v) is 5.04. The van der Waals surface area contributed by atoms with Crippen LogP contribution in [0.1, 0.15) is 17.2 Å². The molecule has 1 atom stereocenters. The third-order valence-corrected chi connectivity index (χ3v) is 3.51. The lowest BCUT2D eigenvalue weighted by molar-refractivity contribution is -0.138. The molecule has 0 aliphatic heterocycles. The highest BCUT2D eigenvalue weighted by Gasteiger charge is 2.25. The first-order valence-corrected chi connectivity index (χ1v) is 7.24. The first-order valence-electron chi connectivity index (χ1n) is 7.24. The van der Waals surface area contributed by atoms with Crippen LogP contribution in [0.4, 0.5) is 10.1 Å². The molecule has 0 heterocycles. The monoisotopic (exact) mass is 383 g/mol. The van der Waals surface area contributed by atoms with E-state index in [0.29, 0.717) is 5.69 Å². The summed E-state index contributed by atoms with van der Waals surface area (Å²) in [7, 11) is 2.76. The molecule has 4 N–H and O–H groups in total. The Bertz CT molecular complexity index is 784. The van der Waals surface area contributed by atoms with Gasteiger partial charge in [-0.1, -0.05) is 12.1 Å². The Morgan fingerprint density at radius 3 is 2.31 bits per heavy atom. The van der Waals surface area contributed by atoms with E-state index in [0.717, 1.165) is 11.6 Å². The Balaban J connectivity index is 0.00000338. The van der Waals surface area contributed by atoms with Gasteiger partial charge in [0.1, 0.15) is 5.82 Å². The summed E-state index contributed by atoms with van der Waals surface area (Å²) >= 11 is 0. The molecule has 2 rings (SSSR count). The molecule has 0 aliphatic carbocycles. The lowest BCUT2D eigenvalue weighted by Crippen LogP contribution is -2.22. The number of nitrogens with zero attached hydrogens (tertiary/aromatic N) is 1. The predicted molar refractivity (Wildman–Crippen MR) is 99.0 cm³/mol. The van der Waals surface area contributed by atoms with Gasteiger partial charge < -0.3 is 25.7 Å². The maximum Gasteiger partial charge on any atom is 0.330 e. The zero-order valence-corrected chi connectivity index (χ0v) is 14.9. The number of rotatable bonds is 7. The average molecular weight is 384 g/mol. The van der Waals surface area contributed by atoms with Crippen LogP contribution in [0.2, 0.25) is 0 Å². The number of carbonyl (C=O) groups is 1. The van der Waals surface area contributed by atoms with Crippen LogP contribution in [0, 0.1) is 5.82 Å². The standard InChI is InChI=1S/C17H18FN3O4.ClH/c1-24-14-7-12(13(18)8-15(14)25-2)16(17(22)23)21-11-5-3-10(4-6-11)9-20-19;/h3-9,16,21H,19H2,1-2H3,(H,22,23);1H. The molecular formula is C17H19ClFN3O4. The number of hydrazone groups is 1. The number of methoxy groups -OCH3 is 2. The summed E-state index contributed by atoms with van der Waals surface area (Å²) < 4.78 is 24.5. The molecule has 0 saturated carbocycles. The van der Waals surface area contributed by atoms with Crippen LogP contribution in [0.15, 0.2) is 41.5 Å². The topological polar surface area (TPSA) is 106 Å². The minimum atomic E-state index is -1.31. The molecule has 2 aromatic carbocycles.